The summed E-state index contributed by atoms with van der Waals surface area (Å²) in [7, 11) is -12.0. The smallest absolute Gasteiger partial charge is 0.576 e. The zero-order valence-electron chi connectivity index (χ0n) is 28.0. The third-order valence-electron chi connectivity index (χ3n) is 6.39. The van der Waals surface area contributed by atoms with Crippen LogP contribution in [0.2, 0.25) is 0 Å². The van der Waals surface area contributed by atoms with Crippen molar-refractivity contribution in [1.82, 2.24) is 60.7 Å². The zero-order valence-corrected chi connectivity index (χ0v) is 30.8. The number of pyridine rings is 4. The van der Waals surface area contributed by atoms with E-state index in [4.69, 9.17) is 0 Å². The Hall–Kier alpha value is -5.43. The van der Waals surface area contributed by atoms with Crippen LogP contribution in [0.25, 0.3) is 68.3 Å². The third-order valence-corrected chi connectivity index (χ3v) is 6.39. The predicted molar refractivity (Wildman–Crippen MR) is 182 cm³/mol. The molecule has 0 N–H and O–H groups in total. The molecule has 0 spiro atoms. The quantitative estimate of drug-likeness (QED) is 0.125. The van der Waals surface area contributed by atoms with Crippen LogP contribution in [0.4, 0.5) is 34.5 Å². The molecule has 8 rings (SSSR count). The maximum atomic E-state index is 9.75. The SMILES string of the molecule is F[B-](F)(F)F.F[B-](F)(F)F.[Cu+2].[Cu+2].[Cu+2].c1ccc(-c2cc(-c3cc(-c4ccccn4)n[n-]3)[n-]n2)nc1.c1ccc(-c2cc(-c3cc(-c4ccccn4)n[n-]3)[n-]n2)nc1. The number of rotatable bonds is 6. The van der Waals surface area contributed by atoms with Gasteiger partial charge >= 0.3 is 65.7 Å². The molecule has 0 unspecified atom stereocenters. The second-order valence-electron chi connectivity index (χ2n) is 10.3. The Kier molecular flexibility index (Phi) is 18.7. The Morgan fingerprint density at radius 2 is 0.509 bits per heavy atom. The fourth-order valence-corrected chi connectivity index (χ4v) is 4.24. The molecule has 25 heteroatoms. The summed E-state index contributed by atoms with van der Waals surface area (Å²) >= 11 is 0. The molecule has 0 aromatic carbocycles. The van der Waals surface area contributed by atoms with Crippen molar-refractivity contribution in [1.29, 1.82) is 0 Å². The molecule has 0 atom stereocenters. The van der Waals surface area contributed by atoms with Crippen molar-refractivity contribution in [2.24, 2.45) is 0 Å². The van der Waals surface area contributed by atoms with E-state index >= 15 is 0 Å². The molecule has 3 radical (unpaired) electrons. The normalized spacial score (nSPS) is 10.4. The molecule has 0 amide bonds. The van der Waals surface area contributed by atoms with Crippen LogP contribution in [0.5, 0.6) is 0 Å². The zero-order chi connectivity index (χ0) is 38.6. The van der Waals surface area contributed by atoms with Crippen LogP contribution in [0.1, 0.15) is 0 Å². The summed E-state index contributed by atoms with van der Waals surface area (Å²) in [6.07, 6.45) is 6.91. The molecule has 0 bridgehead atoms. The minimum Gasteiger partial charge on any atom is -0.576 e. The molecule has 303 valence electrons. The maximum Gasteiger partial charge on any atom is 2.00 e. The van der Waals surface area contributed by atoms with E-state index in [0.29, 0.717) is 22.8 Å². The van der Waals surface area contributed by atoms with E-state index in [9.17, 15) is 34.5 Å². The van der Waals surface area contributed by atoms with Crippen molar-refractivity contribution in [3.05, 3.63) is 122 Å². The summed E-state index contributed by atoms with van der Waals surface area (Å²) < 4.78 is 78.0. The average molecular weight is 937 g/mol. The van der Waals surface area contributed by atoms with E-state index < -0.39 is 14.5 Å². The van der Waals surface area contributed by atoms with E-state index in [2.05, 4.69) is 60.7 Å². The predicted octanol–water partition coefficient (Wildman–Crippen LogP) is 6.96. The second-order valence-corrected chi connectivity index (χ2v) is 10.3. The van der Waals surface area contributed by atoms with Crippen molar-refractivity contribution in [2.75, 3.05) is 0 Å². The Morgan fingerprint density at radius 3 is 0.667 bits per heavy atom. The Morgan fingerprint density at radius 1 is 0.316 bits per heavy atom. The fraction of sp³-hybridized carbons (Fsp3) is 0. The van der Waals surface area contributed by atoms with Gasteiger partial charge in [0.05, 0.1) is 45.6 Å². The van der Waals surface area contributed by atoms with Crippen LogP contribution >= 0.6 is 0 Å². The van der Waals surface area contributed by atoms with Crippen LogP contribution in [0.3, 0.4) is 0 Å². The van der Waals surface area contributed by atoms with Crippen molar-refractivity contribution < 1.29 is 85.7 Å². The summed E-state index contributed by atoms with van der Waals surface area (Å²) in [4.78, 5) is 17.0. The maximum absolute atomic E-state index is 9.75. The first-order valence-corrected chi connectivity index (χ1v) is 15.2. The summed E-state index contributed by atoms with van der Waals surface area (Å²) in [5, 5.41) is 33.2. The molecule has 0 aliphatic heterocycles. The van der Waals surface area contributed by atoms with Crippen LogP contribution in [-0.4, -0.2) is 54.8 Å². The van der Waals surface area contributed by atoms with Gasteiger partial charge in [-0.05, 0) is 48.5 Å². The Balaban J connectivity index is 0.000000306. The van der Waals surface area contributed by atoms with Gasteiger partial charge in [0.25, 0.3) is 0 Å². The standard InChI is InChI=1S/2C16H10N6.2BF4.3Cu/c2*1-3-7-17-11(5-1)13-9-15(21-19-13)16-10-14(20-22-16)12-6-2-4-8-18-12;2*2-1(3,4)5;;;/h2*1-10H;;;;;/q2*-2;2*-1;3*+2. The van der Waals surface area contributed by atoms with E-state index in [1.54, 1.807) is 24.8 Å². The molecule has 12 nitrogen and oxygen atoms in total. The average Bonchev–Trinajstić information content (AvgIpc) is 3.99. The summed E-state index contributed by atoms with van der Waals surface area (Å²) in [6, 6.07) is 30.1. The van der Waals surface area contributed by atoms with Crippen molar-refractivity contribution in [3.8, 4) is 68.3 Å². The second kappa shape index (κ2) is 22.3. The molecule has 0 aliphatic rings. The molecule has 0 aliphatic carbocycles. The molecular formula is C32H20B2Cu3F8N12. The van der Waals surface area contributed by atoms with Gasteiger partial charge < -0.3 is 75.3 Å². The largest absolute Gasteiger partial charge is 2.00 e. The minimum atomic E-state index is -6.00. The van der Waals surface area contributed by atoms with Gasteiger partial charge in [0.15, 0.2) is 0 Å². The molecule has 0 saturated heterocycles. The van der Waals surface area contributed by atoms with Crippen molar-refractivity contribution in [2.45, 2.75) is 0 Å². The monoisotopic (exact) mass is 935 g/mol. The minimum absolute atomic E-state index is 0. The summed E-state index contributed by atoms with van der Waals surface area (Å²) in [5.41, 5.74) is 8.72. The first-order valence-electron chi connectivity index (χ1n) is 15.2. The van der Waals surface area contributed by atoms with E-state index in [1.165, 1.54) is 0 Å². The molecular weight excluding hydrogens is 917 g/mol. The molecule has 8 heterocycles. The van der Waals surface area contributed by atoms with Gasteiger partial charge in [-0.3, -0.25) is 19.9 Å². The first-order chi connectivity index (χ1) is 25.8. The number of hydrogen-bond acceptors (Lipinski definition) is 8. The van der Waals surface area contributed by atoms with E-state index in [0.717, 1.165) is 45.6 Å². The van der Waals surface area contributed by atoms with Gasteiger partial charge in [0.1, 0.15) is 0 Å². The van der Waals surface area contributed by atoms with Crippen LogP contribution in [-0.2, 0) is 51.2 Å². The Labute approximate surface area is 349 Å². The van der Waals surface area contributed by atoms with E-state index in [-0.39, 0.29) is 51.2 Å². The van der Waals surface area contributed by atoms with Crippen LogP contribution in [0.15, 0.2) is 122 Å². The summed E-state index contributed by atoms with van der Waals surface area (Å²) in [6.45, 7) is 0. The van der Waals surface area contributed by atoms with Gasteiger partial charge in [-0.15, -0.1) is 22.8 Å². The number of halogens is 8. The van der Waals surface area contributed by atoms with Gasteiger partial charge in [-0.1, -0.05) is 48.5 Å². The van der Waals surface area contributed by atoms with Crippen LogP contribution in [0, 0.1) is 0 Å². The molecule has 8 aromatic heterocycles. The van der Waals surface area contributed by atoms with Gasteiger partial charge in [-0.25, -0.2) is 0 Å². The van der Waals surface area contributed by atoms with Crippen LogP contribution < -0.4 is 20.4 Å². The van der Waals surface area contributed by atoms with Gasteiger partial charge in [0.2, 0.25) is 0 Å². The van der Waals surface area contributed by atoms with Gasteiger partial charge in [-0.2, -0.15) is 0 Å². The number of nitrogens with zero attached hydrogens (tertiary/aromatic N) is 12. The Bertz CT molecular complexity index is 1990. The van der Waals surface area contributed by atoms with Crippen molar-refractivity contribution in [3.63, 3.8) is 0 Å². The fourth-order valence-electron chi connectivity index (χ4n) is 4.24. The number of aromatic nitrogens is 12. The molecule has 8 aromatic rings. The van der Waals surface area contributed by atoms with Crippen molar-refractivity contribution >= 4 is 14.5 Å². The molecule has 57 heavy (non-hydrogen) atoms. The number of hydrogen-bond donors (Lipinski definition) is 0. The molecule has 0 saturated carbocycles. The summed E-state index contributed by atoms with van der Waals surface area (Å²) in [5.74, 6) is 0. The molecule has 0 fully saturated rings. The van der Waals surface area contributed by atoms with Gasteiger partial charge in [0, 0.05) is 24.8 Å². The first kappa shape index (κ1) is 47.7. The third kappa shape index (κ3) is 15.9. The topological polar surface area (TPSA) is 160 Å². The van der Waals surface area contributed by atoms with E-state index in [1.807, 2.05) is 97.1 Å².